The molecular weight excluding hydrogens is 242 g/mol. The number of unbranched alkanes of at least 4 members (excludes halogenated alkanes) is 1. The largest absolute Gasteiger partial charge is 0.375 e. The molecule has 0 bridgehead atoms. The third kappa shape index (κ3) is 6.60. The SMILES string of the molecule is C=C(C)/C=C\C(=C)N(C)CCCCC1=CC=C(C)CC1. The van der Waals surface area contributed by atoms with Gasteiger partial charge < -0.3 is 4.90 Å². The molecule has 0 aromatic heterocycles. The van der Waals surface area contributed by atoms with Crippen molar-refractivity contribution in [2.75, 3.05) is 13.6 Å². The van der Waals surface area contributed by atoms with Crippen molar-refractivity contribution >= 4 is 0 Å². The second kappa shape index (κ2) is 8.63. The number of rotatable bonds is 8. The minimum atomic E-state index is 1.06. The molecule has 110 valence electrons. The fraction of sp³-hybridized carbons (Fsp3) is 0.474. The third-order valence-corrected chi connectivity index (χ3v) is 3.74. The highest BCUT2D eigenvalue weighted by Gasteiger charge is 2.04. The van der Waals surface area contributed by atoms with Crippen LogP contribution in [0.4, 0.5) is 0 Å². The van der Waals surface area contributed by atoms with Crippen LogP contribution in [0, 0.1) is 0 Å². The lowest BCUT2D eigenvalue weighted by atomic mass is 9.96. The van der Waals surface area contributed by atoms with Crippen molar-refractivity contribution in [3.05, 3.63) is 59.9 Å². The third-order valence-electron chi connectivity index (χ3n) is 3.74. The Kier molecular flexibility index (Phi) is 7.14. The minimum absolute atomic E-state index is 1.06. The summed E-state index contributed by atoms with van der Waals surface area (Å²) in [5.41, 5.74) is 5.24. The van der Waals surface area contributed by atoms with E-state index in [1.165, 1.54) is 37.7 Å². The Morgan fingerprint density at radius 3 is 2.55 bits per heavy atom. The van der Waals surface area contributed by atoms with Crippen LogP contribution in [-0.2, 0) is 0 Å². The summed E-state index contributed by atoms with van der Waals surface area (Å²) in [7, 11) is 2.11. The van der Waals surface area contributed by atoms with Crippen molar-refractivity contribution in [3.63, 3.8) is 0 Å². The summed E-state index contributed by atoms with van der Waals surface area (Å²) in [4.78, 5) is 2.22. The molecule has 0 N–H and O–H groups in total. The second-order valence-electron chi connectivity index (χ2n) is 5.89. The van der Waals surface area contributed by atoms with E-state index in [1.54, 1.807) is 5.57 Å². The van der Waals surface area contributed by atoms with Gasteiger partial charge in [0.05, 0.1) is 0 Å². The van der Waals surface area contributed by atoms with Crippen molar-refractivity contribution in [2.45, 2.75) is 46.0 Å². The molecule has 0 aliphatic heterocycles. The molecule has 0 amide bonds. The van der Waals surface area contributed by atoms with E-state index in [1.807, 2.05) is 19.1 Å². The highest BCUT2D eigenvalue weighted by atomic mass is 15.1. The summed E-state index contributed by atoms with van der Waals surface area (Å²) in [5.74, 6) is 0. The van der Waals surface area contributed by atoms with Gasteiger partial charge in [-0.15, -0.1) is 0 Å². The molecule has 0 saturated carbocycles. The lowest BCUT2D eigenvalue weighted by Gasteiger charge is -2.19. The highest BCUT2D eigenvalue weighted by Crippen LogP contribution is 2.22. The Morgan fingerprint density at radius 1 is 1.20 bits per heavy atom. The molecular formula is C19H29N. The van der Waals surface area contributed by atoms with Gasteiger partial charge in [0.15, 0.2) is 0 Å². The van der Waals surface area contributed by atoms with Crippen LogP contribution >= 0.6 is 0 Å². The number of nitrogens with zero attached hydrogens (tertiary/aromatic N) is 1. The summed E-state index contributed by atoms with van der Waals surface area (Å²) < 4.78 is 0. The first kappa shape index (κ1) is 16.6. The Bertz CT molecular complexity index is 435. The van der Waals surface area contributed by atoms with Gasteiger partial charge in [-0.2, -0.15) is 0 Å². The summed E-state index contributed by atoms with van der Waals surface area (Å²) in [6, 6.07) is 0. The van der Waals surface area contributed by atoms with Crippen LogP contribution in [0.2, 0.25) is 0 Å². The molecule has 0 fully saturated rings. The van der Waals surface area contributed by atoms with Crippen LogP contribution in [0.1, 0.15) is 46.0 Å². The fourth-order valence-electron chi connectivity index (χ4n) is 2.20. The van der Waals surface area contributed by atoms with Crippen LogP contribution in [0.15, 0.2) is 59.9 Å². The van der Waals surface area contributed by atoms with E-state index in [4.69, 9.17) is 0 Å². The molecule has 1 aliphatic carbocycles. The topological polar surface area (TPSA) is 3.24 Å². The van der Waals surface area contributed by atoms with Gasteiger partial charge in [0, 0.05) is 19.3 Å². The van der Waals surface area contributed by atoms with Crippen molar-refractivity contribution in [2.24, 2.45) is 0 Å². The van der Waals surface area contributed by atoms with Gasteiger partial charge in [0.25, 0.3) is 0 Å². The smallest absolute Gasteiger partial charge is 0.0290 e. The average Bonchev–Trinajstić information content (AvgIpc) is 2.42. The van der Waals surface area contributed by atoms with Crippen LogP contribution in [0.3, 0.4) is 0 Å². The molecule has 0 heterocycles. The van der Waals surface area contributed by atoms with Crippen LogP contribution in [0.5, 0.6) is 0 Å². The molecule has 0 spiro atoms. The number of hydrogen-bond acceptors (Lipinski definition) is 1. The summed E-state index contributed by atoms with van der Waals surface area (Å²) in [5, 5.41) is 0. The zero-order chi connectivity index (χ0) is 15.0. The van der Waals surface area contributed by atoms with Crippen molar-refractivity contribution < 1.29 is 0 Å². The molecule has 0 aromatic carbocycles. The quantitative estimate of drug-likeness (QED) is 0.422. The predicted molar refractivity (Wildman–Crippen MR) is 90.6 cm³/mol. The lowest BCUT2D eigenvalue weighted by molar-refractivity contribution is 0.414. The van der Waals surface area contributed by atoms with Crippen LogP contribution in [-0.4, -0.2) is 18.5 Å². The summed E-state index contributed by atoms with van der Waals surface area (Å²) >= 11 is 0. The molecule has 20 heavy (non-hydrogen) atoms. The van der Waals surface area contributed by atoms with Gasteiger partial charge >= 0.3 is 0 Å². The van der Waals surface area contributed by atoms with Crippen molar-refractivity contribution in [1.29, 1.82) is 0 Å². The zero-order valence-corrected chi connectivity index (χ0v) is 13.4. The Hall–Kier alpha value is -1.50. The monoisotopic (exact) mass is 271 g/mol. The Morgan fingerprint density at radius 2 is 1.95 bits per heavy atom. The molecule has 0 unspecified atom stereocenters. The average molecular weight is 271 g/mol. The lowest BCUT2D eigenvalue weighted by Crippen LogP contribution is -2.17. The normalized spacial score (nSPS) is 14.9. The standard InChI is InChI=1S/C19H29N/c1-16(2)9-12-18(4)20(5)15-7-6-8-19-13-10-17(3)11-14-19/h9-10,12-13H,1,4,6-8,11,14-15H2,2-3,5H3/b12-9-. The zero-order valence-electron chi connectivity index (χ0n) is 13.4. The maximum Gasteiger partial charge on any atom is 0.0290 e. The van der Waals surface area contributed by atoms with Gasteiger partial charge in [0.2, 0.25) is 0 Å². The van der Waals surface area contributed by atoms with Crippen LogP contribution < -0.4 is 0 Å². The van der Waals surface area contributed by atoms with E-state index in [9.17, 15) is 0 Å². The van der Waals surface area contributed by atoms with Gasteiger partial charge in [-0.05, 0) is 52.0 Å². The first-order chi connectivity index (χ1) is 9.49. The van der Waals surface area contributed by atoms with Crippen molar-refractivity contribution in [1.82, 2.24) is 4.90 Å². The van der Waals surface area contributed by atoms with Crippen molar-refractivity contribution in [3.8, 4) is 0 Å². The van der Waals surface area contributed by atoms with Crippen LogP contribution in [0.25, 0.3) is 0 Å². The van der Waals surface area contributed by atoms with E-state index in [2.05, 4.69) is 44.2 Å². The minimum Gasteiger partial charge on any atom is -0.375 e. The van der Waals surface area contributed by atoms with E-state index in [0.29, 0.717) is 0 Å². The maximum atomic E-state index is 4.08. The first-order valence-corrected chi connectivity index (χ1v) is 7.58. The molecule has 1 aliphatic rings. The van der Waals surface area contributed by atoms with Gasteiger partial charge in [-0.1, -0.05) is 48.1 Å². The van der Waals surface area contributed by atoms with E-state index < -0.39 is 0 Å². The maximum absolute atomic E-state index is 4.08. The molecule has 0 saturated heterocycles. The highest BCUT2D eigenvalue weighted by molar-refractivity contribution is 5.23. The number of allylic oxidation sites excluding steroid dienone is 7. The summed E-state index contributed by atoms with van der Waals surface area (Å²) in [6.45, 7) is 13.2. The molecule has 0 radical (unpaired) electrons. The molecule has 0 atom stereocenters. The summed E-state index contributed by atoms with van der Waals surface area (Å²) in [6.07, 6.45) is 14.9. The molecule has 0 aromatic rings. The predicted octanol–water partition coefficient (Wildman–Crippen LogP) is 5.40. The molecule has 1 nitrogen and oxygen atoms in total. The molecule has 1 heteroatoms. The Balaban J connectivity index is 2.21. The molecule has 1 rings (SSSR count). The second-order valence-corrected chi connectivity index (χ2v) is 5.89. The van der Waals surface area contributed by atoms with Gasteiger partial charge in [0.1, 0.15) is 0 Å². The van der Waals surface area contributed by atoms with Gasteiger partial charge in [-0.25, -0.2) is 0 Å². The number of hydrogen-bond donors (Lipinski definition) is 0. The Labute approximate surface area is 125 Å². The van der Waals surface area contributed by atoms with E-state index in [0.717, 1.165) is 17.8 Å². The van der Waals surface area contributed by atoms with Gasteiger partial charge in [-0.3, -0.25) is 0 Å². The van der Waals surface area contributed by atoms with E-state index in [-0.39, 0.29) is 0 Å². The fourth-order valence-corrected chi connectivity index (χ4v) is 2.20. The van der Waals surface area contributed by atoms with E-state index >= 15 is 0 Å². The first-order valence-electron chi connectivity index (χ1n) is 7.58. The number of likely N-dealkylation sites (N-methyl/N-ethyl adjacent to an activating group) is 1.